The molecule has 8 heavy (non-hydrogen) atoms. The van der Waals surface area contributed by atoms with Crippen LogP contribution in [0.3, 0.4) is 0 Å². The van der Waals surface area contributed by atoms with Crippen LogP contribution in [0.1, 0.15) is 0 Å². The van der Waals surface area contributed by atoms with E-state index in [4.69, 9.17) is 0 Å². The van der Waals surface area contributed by atoms with E-state index in [9.17, 15) is 0 Å². The Balaban J connectivity index is 4.02. The van der Waals surface area contributed by atoms with E-state index in [-0.39, 0.29) is 6.14 Å². The molecule has 0 radical (unpaired) electrons. The van der Waals surface area contributed by atoms with Crippen molar-refractivity contribution in [3.63, 3.8) is 0 Å². The maximum Gasteiger partial charge on any atom is 0.0285 e. The molecule has 0 amide bonds. The molecule has 50 valence electrons. The van der Waals surface area contributed by atoms with Crippen LogP contribution in [0, 0.1) is 0 Å². The van der Waals surface area contributed by atoms with E-state index in [0.29, 0.717) is 0 Å². The minimum atomic E-state index is -0.535. The van der Waals surface area contributed by atoms with Crippen LogP contribution in [-0.2, 0) is 0 Å². The molecule has 0 atom stereocenters. The van der Waals surface area contributed by atoms with E-state index in [1.54, 1.807) is 29.3 Å². The molecule has 0 saturated heterocycles. The molecule has 0 aliphatic rings. The van der Waals surface area contributed by atoms with Crippen molar-refractivity contribution >= 4 is 43.0 Å². The van der Waals surface area contributed by atoms with Gasteiger partial charge in [0.05, 0.1) is 0 Å². The van der Waals surface area contributed by atoms with Crippen molar-refractivity contribution in [3.05, 3.63) is 0 Å². The Labute approximate surface area is 62.9 Å². The fourth-order valence-corrected chi connectivity index (χ4v) is 0. The minimum absolute atomic E-state index is 0.303. The predicted octanol–water partition coefficient (Wildman–Crippen LogP) is -2.56. The molecule has 0 saturated carbocycles. The van der Waals surface area contributed by atoms with E-state index in [1.165, 1.54) is 0 Å². The summed E-state index contributed by atoms with van der Waals surface area (Å²) in [7, 11) is 4.30. The highest BCUT2D eigenvalue weighted by Crippen LogP contribution is 2.07. The number of hydrogen-bond acceptors (Lipinski definition) is 0. The standard InChI is InChI=1S/C3H18Si5/c1-7(2,3)8(4,5)6/h1-6H3. The largest absolute Gasteiger partial charge is 0.0721 e. The molecule has 0 unspecified atom stereocenters. The lowest BCUT2D eigenvalue weighted by atomic mass is 11.8. The van der Waals surface area contributed by atoms with Crippen molar-refractivity contribution < 1.29 is 0 Å². The Kier molecular flexibility index (Phi) is 2.69. The summed E-state index contributed by atoms with van der Waals surface area (Å²) < 4.78 is 0. The predicted molar refractivity (Wildman–Crippen MR) is 58.9 cm³/mol. The van der Waals surface area contributed by atoms with Gasteiger partial charge in [0.25, 0.3) is 0 Å². The van der Waals surface area contributed by atoms with E-state index in [0.717, 1.165) is 0 Å². The zero-order valence-electron chi connectivity index (χ0n) is 7.00. The van der Waals surface area contributed by atoms with E-state index >= 15 is 0 Å². The molecular formula is C3H18Si5. The second-order valence-electron chi connectivity index (χ2n) is 4.50. The van der Waals surface area contributed by atoms with Crippen LogP contribution in [0.5, 0.6) is 0 Å². The van der Waals surface area contributed by atoms with Gasteiger partial charge in [0.15, 0.2) is 0 Å². The number of rotatable bonds is 1. The van der Waals surface area contributed by atoms with Crippen molar-refractivity contribution in [2.45, 2.75) is 19.6 Å². The van der Waals surface area contributed by atoms with Crippen molar-refractivity contribution in [1.29, 1.82) is 0 Å². The number of hydrogen-bond donors (Lipinski definition) is 0. The van der Waals surface area contributed by atoms with Crippen LogP contribution < -0.4 is 0 Å². The van der Waals surface area contributed by atoms with Gasteiger partial charge in [-0.15, -0.1) is 0 Å². The molecule has 0 fully saturated rings. The van der Waals surface area contributed by atoms with Gasteiger partial charge in [-0.05, 0) is 29.3 Å². The summed E-state index contributed by atoms with van der Waals surface area (Å²) in [4.78, 5) is 0. The fraction of sp³-hybridized carbons (Fsp3) is 1.00. The lowest BCUT2D eigenvalue weighted by molar-refractivity contribution is 1.86. The van der Waals surface area contributed by atoms with Gasteiger partial charge >= 0.3 is 0 Å². The Morgan fingerprint density at radius 1 is 0.875 bits per heavy atom. The van der Waals surface area contributed by atoms with Gasteiger partial charge in [-0.25, -0.2) is 0 Å². The van der Waals surface area contributed by atoms with E-state index < -0.39 is 7.59 Å². The van der Waals surface area contributed by atoms with Crippen molar-refractivity contribution in [2.24, 2.45) is 0 Å². The van der Waals surface area contributed by atoms with Crippen LogP contribution in [0.2, 0.25) is 19.6 Å². The highest BCUT2D eigenvalue weighted by Gasteiger charge is 2.30. The Morgan fingerprint density at radius 2 is 1.00 bits per heavy atom. The molecule has 0 N–H and O–H groups in total. The Morgan fingerprint density at radius 3 is 1.00 bits per heavy atom. The summed E-state index contributed by atoms with van der Waals surface area (Å²) in [5.41, 5.74) is 0. The first kappa shape index (κ1) is 9.08. The third kappa shape index (κ3) is 2.58. The van der Waals surface area contributed by atoms with Crippen LogP contribution in [0.4, 0.5) is 0 Å². The molecule has 0 nitrogen and oxygen atoms in total. The molecule has 0 aromatic heterocycles. The second kappa shape index (κ2) is 2.37. The average Bonchev–Trinajstić information content (AvgIpc) is 1.25. The Bertz CT molecular complexity index is 62.7. The first-order valence-corrected chi connectivity index (χ1v) is 20.2. The zero-order chi connectivity index (χ0) is 7.00. The smallest absolute Gasteiger partial charge is 0.0285 e. The molecule has 0 aliphatic heterocycles. The van der Waals surface area contributed by atoms with Crippen molar-refractivity contribution in [3.8, 4) is 0 Å². The summed E-state index contributed by atoms with van der Waals surface area (Å²) >= 11 is 0. The summed E-state index contributed by atoms with van der Waals surface area (Å²) in [6.07, 6.45) is -0.303. The zero-order valence-corrected chi connectivity index (χ0v) is 15.0. The maximum atomic E-state index is 2.58. The topological polar surface area (TPSA) is 0 Å². The first-order valence-electron chi connectivity index (χ1n) is 3.25. The SMILES string of the molecule is C[Si](C)(C)[Si]([SiH3])([SiH3])[SiH3]. The third-order valence-corrected chi connectivity index (χ3v) is 60.8. The highest BCUT2D eigenvalue weighted by molar-refractivity contribution is 7.85. The van der Waals surface area contributed by atoms with Gasteiger partial charge in [0, 0.05) is 13.7 Å². The lowest BCUT2D eigenvalue weighted by Gasteiger charge is -2.31. The maximum absolute atomic E-state index is 2.58. The van der Waals surface area contributed by atoms with Gasteiger partial charge in [0.1, 0.15) is 0 Å². The van der Waals surface area contributed by atoms with Crippen molar-refractivity contribution in [1.82, 2.24) is 0 Å². The molecule has 0 aliphatic carbocycles. The monoisotopic (exact) mass is 194 g/mol. The minimum Gasteiger partial charge on any atom is -0.0721 e. The molecule has 0 aromatic carbocycles. The fourth-order valence-electron chi connectivity index (χ4n) is 0. The third-order valence-electron chi connectivity index (χ3n) is 2.25. The van der Waals surface area contributed by atoms with E-state index in [1.807, 2.05) is 0 Å². The summed E-state index contributed by atoms with van der Waals surface area (Å²) in [5.74, 6) is 0. The summed E-state index contributed by atoms with van der Waals surface area (Å²) in [6, 6.07) is 0. The quantitative estimate of drug-likeness (QED) is 0.403. The van der Waals surface area contributed by atoms with Crippen LogP contribution in [0.15, 0.2) is 0 Å². The molecule has 0 heterocycles. The normalized spacial score (nSPS) is 21.4. The second-order valence-corrected chi connectivity index (χ2v) is 72.0. The van der Waals surface area contributed by atoms with Gasteiger partial charge < -0.3 is 0 Å². The first-order chi connectivity index (χ1) is 3.25. The molecule has 5 heteroatoms. The summed E-state index contributed by atoms with van der Waals surface area (Å²) in [6.45, 7) is 7.73. The molecule has 0 aromatic rings. The van der Waals surface area contributed by atoms with Gasteiger partial charge in [-0.1, -0.05) is 19.6 Å². The highest BCUT2D eigenvalue weighted by atomic mass is 30.1. The van der Waals surface area contributed by atoms with Gasteiger partial charge in [0.2, 0.25) is 0 Å². The van der Waals surface area contributed by atoms with Gasteiger partial charge in [-0.3, -0.25) is 0 Å². The van der Waals surface area contributed by atoms with Crippen molar-refractivity contribution in [2.75, 3.05) is 0 Å². The molecule has 0 spiro atoms. The van der Waals surface area contributed by atoms with Crippen LogP contribution in [-0.4, -0.2) is 43.0 Å². The lowest BCUT2D eigenvalue weighted by Crippen LogP contribution is -2.60. The molecule has 0 rings (SSSR count). The molecule has 0 bridgehead atoms. The molecular weight excluding hydrogens is 176 g/mol. The van der Waals surface area contributed by atoms with E-state index in [2.05, 4.69) is 19.6 Å². The van der Waals surface area contributed by atoms with Crippen LogP contribution in [0.25, 0.3) is 0 Å². The van der Waals surface area contributed by atoms with Crippen LogP contribution >= 0.6 is 0 Å². The van der Waals surface area contributed by atoms with Gasteiger partial charge in [-0.2, -0.15) is 0 Å². The summed E-state index contributed by atoms with van der Waals surface area (Å²) in [5, 5.41) is 0. The Hall–Kier alpha value is 1.08. The average molecular weight is 195 g/mol.